The maximum Gasteiger partial charge on any atom is 0.317 e. The summed E-state index contributed by atoms with van der Waals surface area (Å²) in [5.74, 6) is 0. The number of nitrogens with one attached hydrogen (secondary N) is 1. The van der Waals surface area contributed by atoms with E-state index in [4.69, 9.17) is 0 Å². The zero-order chi connectivity index (χ0) is 13.8. The van der Waals surface area contributed by atoms with Crippen molar-refractivity contribution in [1.29, 1.82) is 0 Å². The first-order chi connectivity index (χ1) is 9.08. The van der Waals surface area contributed by atoms with Crippen molar-refractivity contribution in [1.82, 2.24) is 15.1 Å². The van der Waals surface area contributed by atoms with Gasteiger partial charge in [0.15, 0.2) is 0 Å². The number of hydrogen-bond acceptors (Lipinski definition) is 3. The van der Waals surface area contributed by atoms with Crippen LogP contribution in [0.4, 0.5) is 4.79 Å². The average molecular weight is 281 g/mol. The van der Waals surface area contributed by atoms with Gasteiger partial charge >= 0.3 is 6.03 Å². The third-order valence-electron chi connectivity index (χ3n) is 3.59. The third-order valence-corrected chi connectivity index (χ3v) is 4.29. The van der Waals surface area contributed by atoms with Gasteiger partial charge in [-0.25, -0.2) is 4.79 Å². The number of carbonyl (C=O) groups excluding carboxylic acids is 1. The molecule has 0 aromatic carbocycles. The summed E-state index contributed by atoms with van der Waals surface area (Å²) in [6, 6.07) is 2.90. The number of hydrogen-bond donors (Lipinski definition) is 1. The van der Waals surface area contributed by atoms with E-state index in [2.05, 4.69) is 34.0 Å². The highest BCUT2D eigenvalue weighted by Crippen LogP contribution is 2.23. The van der Waals surface area contributed by atoms with E-state index in [0.717, 1.165) is 26.2 Å². The lowest BCUT2D eigenvalue weighted by molar-refractivity contribution is 0.113. The normalized spacial score (nSPS) is 18.6. The summed E-state index contributed by atoms with van der Waals surface area (Å²) in [5.41, 5.74) is 1.38. The van der Waals surface area contributed by atoms with Crippen LogP contribution in [0.5, 0.6) is 0 Å². The van der Waals surface area contributed by atoms with Gasteiger partial charge in [-0.2, -0.15) is 11.3 Å². The van der Waals surface area contributed by atoms with Gasteiger partial charge in [0.2, 0.25) is 0 Å². The van der Waals surface area contributed by atoms with E-state index >= 15 is 0 Å². The lowest BCUT2D eigenvalue weighted by Crippen LogP contribution is -2.53. The zero-order valence-electron chi connectivity index (χ0n) is 11.9. The molecule has 0 spiro atoms. The van der Waals surface area contributed by atoms with E-state index in [1.807, 2.05) is 18.7 Å². The maximum absolute atomic E-state index is 11.9. The lowest BCUT2D eigenvalue weighted by atomic mass is 10.1. The molecule has 2 heterocycles. The predicted octanol–water partition coefficient (Wildman–Crippen LogP) is 2.54. The van der Waals surface area contributed by atoms with E-state index in [1.165, 1.54) is 5.56 Å². The molecule has 4 nitrogen and oxygen atoms in total. The van der Waals surface area contributed by atoms with Crippen molar-refractivity contribution in [2.75, 3.05) is 26.2 Å². The predicted molar refractivity (Wildman–Crippen MR) is 79.5 cm³/mol. The molecule has 1 aliphatic heterocycles. The molecule has 1 aromatic heterocycles. The van der Waals surface area contributed by atoms with Gasteiger partial charge in [0.1, 0.15) is 0 Å². The number of nitrogens with zero attached hydrogens (tertiary/aromatic N) is 2. The molecule has 1 atom stereocenters. The van der Waals surface area contributed by atoms with Crippen molar-refractivity contribution < 1.29 is 4.79 Å². The van der Waals surface area contributed by atoms with Crippen molar-refractivity contribution in [2.45, 2.75) is 32.9 Å². The number of carbonyl (C=O) groups is 1. The van der Waals surface area contributed by atoms with Crippen molar-refractivity contribution in [3.05, 3.63) is 22.4 Å². The minimum absolute atomic E-state index is 0.0674. The van der Waals surface area contributed by atoms with Gasteiger partial charge in [-0.05, 0) is 43.2 Å². The largest absolute Gasteiger partial charge is 0.336 e. The van der Waals surface area contributed by atoms with Crippen LogP contribution < -0.4 is 5.32 Å². The second-order valence-electron chi connectivity index (χ2n) is 5.36. The molecule has 1 aromatic rings. The van der Waals surface area contributed by atoms with Gasteiger partial charge in [-0.3, -0.25) is 4.90 Å². The molecule has 0 saturated carbocycles. The minimum Gasteiger partial charge on any atom is -0.336 e. The molecular formula is C14H23N3OS. The molecule has 1 aliphatic rings. The fourth-order valence-corrected chi connectivity index (χ4v) is 3.12. The Bertz CT molecular complexity index is 397. The number of urea groups is 1. The van der Waals surface area contributed by atoms with Gasteiger partial charge < -0.3 is 10.2 Å². The van der Waals surface area contributed by atoms with Crippen molar-refractivity contribution in [2.24, 2.45) is 0 Å². The molecule has 106 valence electrons. The zero-order valence-corrected chi connectivity index (χ0v) is 12.7. The highest BCUT2D eigenvalue weighted by atomic mass is 32.1. The molecule has 0 radical (unpaired) electrons. The summed E-state index contributed by atoms with van der Waals surface area (Å²) >= 11 is 1.74. The lowest BCUT2D eigenvalue weighted by Gasteiger charge is -2.38. The maximum atomic E-state index is 11.9. The Kier molecular flexibility index (Phi) is 4.82. The first-order valence-corrected chi connectivity index (χ1v) is 7.84. The molecule has 1 N–H and O–H groups in total. The monoisotopic (exact) mass is 281 g/mol. The summed E-state index contributed by atoms with van der Waals surface area (Å²) < 4.78 is 0. The highest BCUT2D eigenvalue weighted by molar-refractivity contribution is 7.07. The van der Waals surface area contributed by atoms with Crippen LogP contribution in [0.2, 0.25) is 0 Å². The third kappa shape index (κ3) is 3.70. The van der Waals surface area contributed by atoms with Crippen LogP contribution in [0.15, 0.2) is 16.8 Å². The summed E-state index contributed by atoms with van der Waals surface area (Å²) in [5, 5.41) is 7.29. The Morgan fingerprint density at radius 2 is 1.95 bits per heavy atom. The Morgan fingerprint density at radius 1 is 1.26 bits per heavy atom. The summed E-state index contributed by atoms with van der Waals surface area (Å²) in [6.07, 6.45) is 0. The highest BCUT2D eigenvalue weighted by Gasteiger charge is 2.24. The number of thiophene rings is 1. The molecule has 1 fully saturated rings. The molecule has 2 amide bonds. The smallest absolute Gasteiger partial charge is 0.317 e. The standard InChI is InChI=1S/C14H23N3OS/c1-11(2)15-14(18)17-7-5-16(6-8-17)12(3)13-4-9-19-10-13/h4,9-12H,5-8H2,1-3H3,(H,15,18)/t12-/m1/s1. The second kappa shape index (κ2) is 6.39. The molecular weight excluding hydrogens is 258 g/mol. The van der Waals surface area contributed by atoms with Gasteiger partial charge in [-0.1, -0.05) is 0 Å². The van der Waals surface area contributed by atoms with Crippen molar-refractivity contribution >= 4 is 17.4 Å². The molecule has 5 heteroatoms. The minimum atomic E-state index is 0.0674. The average Bonchev–Trinajstić information content (AvgIpc) is 2.91. The van der Waals surface area contributed by atoms with Crippen LogP contribution in [-0.2, 0) is 0 Å². The number of amides is 2. The summed E-state index contributed by atoms with van der Waals surface area (Å²) in [6.45, 7) is 9.75. The van der Waals surface area contributed by atoms with Crippen LogP contribution in [0.25, 0.3) is 0 Å². The van der Waals surface area contributed by atoms with Gasteiger partial charge in [0.25, 0.3) is 0 Å². The van der Waals surface area contributed by atoms with Crippen LogP contribution in [0.1, 0.15) is 32.4 Å². The van der Waals surface area contributed by atoms with E-state index < -0.39 is 0 Å². The van der Waals surface area contributed by atoms with E-state index in [-0.39, 0.29) is 12.1 Å². The fourth-order valence-electron chi connectivity index (χ4n) is 2.37. The Labute approximate surface area is 119 Å². The van der Waals surface area contributed by atoms with Crippen molar-refractivity contribution in [3.63, 3.8) is 0 Å². The first-order valence-electron chi connectivity index (χ1n) is 6.89. The first kappa shape index (κ1) is 14.3. The SMILES string of the molecule is CC(C)NC(=O)N1CCN([C@H](C)c2ccsc2)CC1. The summed E-state index contributed by atoms with van der Waals surface area (Å²) in [4.78, 5) is 16.3. The molecule has 19 heavy (non-hydrogen) atoms. The van der Waals surface area contributed by atoms with Gasteiger partial charge in [0, 0.05) is 38.3 Å². The van der Waals surface area contributed by atoms with E-state index in [1.54, 1.807) is 11.3 Å². The van der Waals surface area contributed by atoms with E-state index in [0.29, 0.717) is 6.04 Å². The molecule has 0 bridgehead atoms. The van der Waals surface area contributed by atoms with Gasteiger partial charge in [0.05, 0.1) is 0 Å². The summed E-state index contributed by atoms with van der Waals surface area (Å²) in [7, 11) is 0. The van der Waals surface area contributed by atoms with Crippen molar-refractivity contribution in [3.8, 4) is 0 Å². The molecule has 0 aliphatic carbocycles. The van der Waals surface area contributed by atoms with Crippen LogP contribution in [0.3, 0.4) is 0 Å². The quantitative estimate of drug-likeness (QED) is 0.924. The van der Waals surface area contributed by atoms with Crippen LogP contribution in [0, 0.1) is 0 Å². The topological polar surface area (TPSA) is 35.6 Å². The molecule has 2 rings (SSSR count). The van der Waals surface area contributed by atoms with Gasteiger partial charge in [-0.15, -0.1) is 0 Å². The Hall–Kier alpha value is -1.07. The number of rotatable bonds is 3. The number of piperazine rings is 1. The molecule has 1 saturated heterocycles. The second-order valence-corrected chi connectivity index (χ2v) is 6.14. The van der Waals surface area contributed by atoms with Crippen LogP contribution in [-0.4, -0.2) is 48.1 Å². The molecule has 0 unspecified atom stereocenters. The Morgan fingerprint density at radius 3 is 2.47 bits per heavy atom. The van der Waals surface area contributed by atoms with E-state index in [9.17, 15) is 4.79 Å². The fraction of sp³-hybridized carbons (Fsp3) is 0.643. The Balaban J connectivity index is 1.84. The van der Waals surface area contributed by atoms with Crippen LogP contribution >= 0.6 is 11.3 Å².